The molecule has 1 aliphatic heterocycles. The molecule has 0 amide bonds. The molecule has 1 aromatic rings. The van der Waals surface area contributed by atoms with Crippen LogP contribution < -0.4 is 5.73 Å². The van der Waals surface area contributed by atoms with Crippen molar-refractivity contribution in [3.63, 3.8) is 0 Å². The zero-order chi connectivity index (χ0) is 14.9. The van der Waals surface area contributed by atoms with Gasteiger partial charge in [-0.3, -0.25) is 0 Å². The molecular weight excluding hydrogens is 274 g/mol. The van der Waals surface area contributed by atoms with Crippen LogP contribution in [0.3, 0.4) is 0 Å². The Morgan fingerprint density at radius 1 is 1.45 bits per heavy atom. The standard InChI is InChI=1S/C14H25N3O2S/c1-4-6-10(3)13-12(5-2)14(15)17(16-13)11-7-8-20(18,19)9-11/h10-11H,4-9,15H2,1-3H3. The zero-order valence-electron chi connectivity index (χ0n) is 12.6. The number of anilines is 1. The van der Waals surface area contributed by atoms with E-state index in [9.17, 15) is 8.42 Å². The predicted molar refractivity (Wildman–Crippen MR) is 81.6 cm³/mol. The molecule has 6 heteroatoms. The minimum Gasteiger partial charge on any atom is -0.384 e. The molecular formula is C14H25N3O2S. The maximum atomic E-state index is 11.6. The summed E-state index contributed by atoms with van der Waals surface area (Å²) in [6.07, 6.45) is 3.65. The van der Waals surface area contributed by atoms with Gasteiger partial charge >= 0.3 is 0 Å². The Balaban J connectivity index is 2.36. The lowest BCUT2D eigenvalue weighted by atomic mass is 9.98. The largest absolute Gasteiger partial charge is 0.384 e. The summed E-state index contributed by atoms with van der Waals surface area (Å²) in [5.41, 5.74) is 8.37. The maximum absolute atomic E-state index is 11.6. The topological polar surface area (TPSA) is 78.0 Å². The van der Waals surface area contributed by atoms with Gasteiger partial charge in [0.15, 0.2) is 9.84 Å². The van der Waals surface area contributed by atoms with Crippen LogP contribution >= 0.6 is 0 Å². The van der Waals surface area contributed by atoms with Gasteiger partial charge in [0.25, 0.3) is 0 Å². The fraction of sp³-hybridized carbons (Fsp3) is 0.786. The van der Waals surface area contributed by atoms with Gasteiger partial charge in [0.2, 0.25) is 0 Å². The molecule has 1 fully saturated rings. The van der Waals surface area contributed by atoms with Gasteiger partial charge in [-0.25, -0.2) is 13.1 Å². The summed E-state index contributed by atoms with van der Waals surface area (Å²) in [5, 5.41) is 4.67. The maximum Gasteiger partial charge on any atom is 0.152 e. The van der Waals surface area contributed by atoms with Crippen molar-refractivity contribution < 1.29 is 8.42 Å². The van der Waals surface area contributed by atoms with Crippen LogP contribution in [-0.2, 0) is 16.3 Å². The number of nitrogens with zero attached hydrogens (tertiary/aromatic N) is 2. The average Bonchev–Trinajstić information content (AvgIpc) is 2.89. The number of nitrogen functional groups attached to an aromatic ring is 1. The van der Waals surface area contributed by atoms with Crippen molar-refractivity contribution in [1.29, 1.82) is 0 Å². The second kappa shape index (κ2) is 5.76. The molecule has 2 N–H and O–H groups in total. The van der Waals surface area contributed by atoms with Crippen LogP contribution in [0.2, 0.25) is 0 Å². The van der Waals surface area contributed by atoms with Crippen molar-refractivity contribution in [3.8, 4) is 0 Å². The summed E-state index contributed by atoms with van der Waals surface area (Å²) >= 11 is 0. The van der Waals surface area contributed by atoms with E-state index in [1.165, 1.54) is 0 Å². The summed E-state index contributed by atoms with van der Waals surface area (Å²) in [5.74, 6) is 1.45. The Labute approximate surface area is 121 Å². The predicted octanol–water partition coefficient (Wildman–Crippen LogP) is 2.29. The van der Waals surface area contributed by atoms with Crippen LogP contribution in [0.4, 0.5) is 5.82 Å². The van der Waals surface area contributed by atoms with Crippen molar-refractivity contribution in [2.45, 2.75) is 58.4 Å². The minimum absolute atomic E-state index is 0.0899. The normalized spacial score (nSPS) is 23.1. The van der Waals surface area contributed by atoms with E-state index in [1.54, 1.807) is 4.68 Å². The van der Waals surface area contributed by atoms with Gasteiger partial charge in [-0.05, 0) is 19.3 Å². The molecule has 0 spiro atoms. The van der Waals surface area contributed by atoms with E-state index in [1.807, 2.05) is 0 Å². The molecule has 2 atom stereocenters. The van der Waals surface area contributed by atoms with E-state index in [4.69, 9.17) is 5.73 Å². The molecule has 0 saturated carbocycles. The third-order valence-corrected chi connectivity index (χ3v) is 5.93. The lowest BCUT2D eigenvalue weighted by Crippen LogP contribution is -2.15. The molecule has 1 aliphatic rings. The third-order valence-electron chi connectivity index (χ3n) is 4.18. The monoisotopic (exact) mass is 299 g/mol. The van der Waals surface area contributed by atoms with Crippen LogP contribution in [0.15, 0.2) is 0 Å². The molecule has 0 bridgehead atoms. The Morgan fingerprint density at radius 3 is 2.65 bits per heavy atom. The summed E-state index contributed by atoms with van der Waals surface area (Å²) in [7, 11) is -2.92. The lowest BCUT2D eigenvalue weighted by molar-refractivity contribution is 0.494. The lowest BCUT2D eigenvalue weighted by Gasteiger charge is -2.10. The smallest absolute Gasteiger partial charge is 0.152 e. The number of rotatable bonds is 5. The van der Waals surface area contributed by atoms with E-state index in [0.717, 1.165) is 30.5 Å². The fourth-order valence-electron chi connectivity index (χ4n) is 3.07. The SMILES string of the molecule is CCCC(C)c1nn(C2CCS(=O)(=O)C2)c(N)c1CC. The molecule has 2 unspecified atom stereocenters. The molecule has 2 heterocycles. The molecule has 20 heavy (non-hydrogen) atoms. The highest BCUT2D eigenvalue weighted by Crippen LogP contribution is 2.32. The molecule has 0 aliphatic carbocycles. The molecule has 1 aromatic heterocycles. The molecule has 114 valence electrons. The first-order valence-corrected chi connectivity index (χ1v) is 9.28. The Bertz CT molecular complexity index is 577. The Hall–Kier alpha value is -1.04. The van der Waals surface area contributed by atoms with Crippen molar-refractivity contribution >= 4 is 15.7 Å². The van der Waals surface area contributed by atoms with Gasteiger partial charge in [0.1, 0.15) is 5.82 Å². The number of sulfone groups is 1. The first kappa shape index (κ1) is 15.4. The highest BCUT2D eigenvalue weighted by molar-refractivity contribution is 7.91. The number of hydrogen-bond acceptors (Lipinski definition) is 4. The average molecular weight is 299 g/mol. The highest BCUT2D eigenvalue weighted by atomic mass is 32.2. The Kier molecular flexibility index (Phi) is 4.42. The number of hydrogen-bond donors (Lipinski definition) is 1. The van der Waals surface area contributed by atoms with E-state index < -0.39 is 9.84 Å². The number of nitrogens with two attached hydrogens (primary N) is 1. The molecule has 2 rings (SSSR count). The van der Waals surface area contributed by atoms with Gasteiger partial charge < -0.3 is 5.73 Å². The van der Waals surface area contributed by atoms with Gasteiger partial charge in [0.05, 0.1) is 23.2 Å². The summed E-state index contributed by atoms with van der Waals surface area (Å²) in [6, 6.07) is -0.0899. The van der Waals surface area contributed by atoms with Crippen LogP contribution in [0.25, 0.3) is 0 Å². The Morgan fingerprint density at radius 2 is 2.15 bits per heavy atom. The van der Waals surface area contributed by atoms with Gasteiger partial charge in [-0.2, -0.15) is 5.10 Å². The van der Waals surface area contributed by atoms with Crippen LogP contribution in [-0.4, -0.2) is 29.7 Å². The molecule has 0 radical (unpaired) electrons. The molecule has 1 saturated heterocycles. The van der Waals surface area contributed by atoms with Crippen LogP contribution in [0.1, 0.15) is 63.3 Å². The fourth-order valence-corrected chi connectivity index (χ4v) is 4.77. The van der Waals surface area contributed by atoms with E-state index in [-0.39, 0.29) is 17.5 Å². The second-order valence-electron chi connectivity index (χ2n) is 5.79. The van der Waals surface area contributed by atoms with Gasteiger partial charge in [0, 0.05) is 11.5 Å². The van der Waals surface area contributed by atoms with E-state index in [0.29, 0.717) is 18.2 Å². The molecule has 0 aromatic carbocycles. The van der Waals surface area contributed by atoms with Crippen LogP contribution in [0, 0.1) is 0 Å². The van der Waals surface area contributed by atoms with Crippen molar-refractivity contribution in [2.24, 2.45) is 0 Å². The minimum atomic E-state index is -2.92. The van der Waals surface area contributed by atoms with Crippen molar-refractivity contribution in [2.75, 3.05) is 17.2 Å². The number of aromatic nitrogens is 2. The summed E-state index contributed by atoms with van der Waals surface area (Å²) in [6.45, 7) is 6.40. The quantitative estimate of drug-likeness (QED) is 0.905. The first-order valence-electron chi connectivity index (χ1n) is 7.46. The first-order chi connectivity index (χ1) is 9.39. The van der Waals surface area contributed by atoms with Crippen molar-refractivity contribution in [1.82, 2.24) is 9.78 Å². The summed E-state index contributed by atoms with van der Waals surface area (Å²) in [4.78, 5) is 0. The van der Waals surface area contributed by atoms with Gasteiger partial charge in [-0.1, -0.05) is 27.2 Å². The summed E-state index contributed by atoms with van der Waals surface area (Å²) < 4.78 is 25.1. The highest BCUT2D eigenvalue weighted by Gasteiger charge is 2.32. The van der Waals surface area contributed by atoms with Crippen molar-refractivity contribution in [3.05, 3.63) is 11.3 Å². The molecule has 5 nitrogen and oxygen atoms in total. The van der Waals surface area contributed by atoms with E-state index in [2.05, 4.69) is 25.9 Å². The second-order valence-corrected chi connectivity index (χ2v) is 8.02. The van der Waals surface area contributed by atoms with Crippen LogP contribution in [0.5, 0.6) is 0 Å². The zero-order valence-corrected chi connectivity index (χ0v) is 13.4. The van der Waals surface area contributed by atoms with E-state index >= 15 is 0 Å². The van der Waals surface area contributed by atoms with Gasteiger partial charge in [-0.15, -0.1) is 0 Å². The third kappa shape index (κ3) is 2.85.